The minimum absolute atomic E-state index is 0.395. The van der Waals surface area contributed by atoms with Crippen LogP contribution < -0.4 is 4.74 Å². The maximum absolute atomic E-state index is 9.89. The third kappa shape index (κ3) is 3.22. The molecular weight excluding hydrogens is 204 g/mol. The maximum atomic E-state index is 9.89. The second kappa shape index (κ2) is 5.32. The molecule has 1 fully saturated rings. The standard InChI is InChI=1S/C13H18O3/c1-15-8-7-13(14)10-3-2-4-12(9-10)16-11-5-6-11/h2-4,9,11,13-14H,5-8H2,1H3. The Bertz CT molecular complexity index is 334. The molecule has 1 aromatic carbocycles. The Morgan fingerprint density at radius 1 is 1.44 bits per heavy atom. The Balaban J connectivity index is 1.96. The van der Waals surface area contributed by atoms with Gasteiger partial charge in [0.05, 0.1) is 12.2 Å². The summed E-state index contributed by atoms with van der Waals surface area (Å²) in [6.45, 7) is 0.564. The molecule has 1 atom stereocenters. The number of hydrogen-bond acceptors (Lipinski definition) is 3. The van der Waals surface area contributed by atoms with Crippen LogP contribution in [-0.4, -0.2) is 24.9 Å². The Morgan fingerprint density at radius 3 is 2.94 bits per heavy atom. The highest BCUT2D eigenvalue weighted by atomic mass is 16.5. The molecule has 1 saturated carbocycles. The number of methoxy groups -OCH3 is 1. The van der Waals surface area contributed by atoms with Gasteiger partial charge >= 0.3 is 0 Å². The van der Waals surface area contributed by atoms with E-state index in [4.69, 9.17) is 9.47 Å². The van der Waals surface area contributed by atoms with Gasteiger partial charge in [0, 0.05) is 20.1 Å². The van der Waals surface area contributed by atoms with E-state index in [1.54, 1.807) is 7.11 Å². The summed E-state index contributed by atoms with van der Waals surface area (Å²) in [5, 5.41) is 9.89. The fraction of sp³-hybridized carbons (Fsp3) is 0.538. The Hall–Kier alpha value is -1.06. The fourth-order valence-corrected chi connectivity index (χ4v) is 1.57. The summed E-state index contributed by atoms with van der Waals surface area (Å²) in [4.78, 5) is 0. The van der Waals surface area contributed by atoms with Crippen molar-refractivity contribution in [3.63, 3.8) is 0 Å². The van der Waals surface area contributed by atoms with Crippen LogP contribution in [0.2, 0.25) is 0 Å². The monoisotopic (exact) mass is 222 g/mol. The van der Waals surface area contributed by atoms with Gasteiger partial charge in [0.15, 0.2) is 0 Å². The summed E-state index contributed by atoms with van der Waals surface area (Å²) >= 11 is 0. The number of aliphatic hydroxyl groups excluding tert-OH is 1. The van der Waals surface area contributed by atoms with Crippen molar-refractivity contribution < 1.29 is 14.6 Å². The van der Waals surface area contributed by atoms with Gasteiger partial charge in [-0.2, -0.15) is 0 Å². The normalized spacial score (nSPS) is 17.1. The first kappa shape index (κ1) is 11.4. The fourth-order valence-electron chi connectivity index (χ4n) is 1.57. The molecule has 3 nitrogen and oxygen atoms in total. The molecule has 0 spiro atoms. The van der Waals surface area contributed by atoms with Gasteiger partial charge in [-0.3, -0.25) is 0 Å². The zero-order valence-corrected chi connectivity index (χ0v) is 9.56. The van der Waals surface area contributed by atoms with Gasteiger partial charge < -0.3 is 14.6 Å². The van der Waals surface area contributed by atoms with E-state index < -0.39 is 6.10 Å². The summed E-state index contributed by atoms with van der Waals surface area (Å²) in [6, 6.07) is 7.69. The van der Waals surface area contributed by atoms with Gasteiger partial charge in [-0.25, -0.2) is 0 Å². The van der Waals surface area contributed by atoms with Gasteiger partial charge in [0.1, 0.15) is 5.75 Å². The third-order valence-corrected chi connectivity index (χ3v) is 2.67. The molecule has 0 heterocycles. The predicted molar refractivity (Wildman–Crippen MR) is 61.5 cm³/mol. The van der Waals surface area contributed by atoms with Gasteiger partial charge in [-0.1, -0.05) is 12.1 Å². The molecule has 3 heteroatoms. The minimum atomic E-state index is -0.470. The first-order chi connectivity index (χ1) is 7.79. The summed E-state index contributed by atoms with van der Waals surface area (Å²) < 4.78 is 10.6. The highest BCUT2D eigenvalue weighted by Gasteiger charge is 2.23. The molecule has 2 rings (SSSR count). The van der Waals surface area contributed by atoms with Crippen LogP contribution in [0.4, 0.5) is 0 Å². The van der Waals surface area contributed by atoms with Crippen LogP contribution in [0.3, 0.4) is 0 Å². The van der Waals surface area contributed by atoms with E-state index in [0.29, 0.717) is 19.1 Å². The average Bonchev–Trinajstić information content (AvgIpc) is 3.10. The Kier molecular flexibility index (Phi) is 3.80. The quantitative estimate of drug-likeness (QED) is 0.802. The largest absolute Gasteiger partial charge is 0.490 e. The summed E-state index contributed by atoms with van der Waals surface area (Å²) in [5.74, 6) is 0.858. The lowest BCUT2D eigenvalue weighted by molar-refractivity contribution is 0.110. The highest BCUT2D eigenvalue weighted by molar-refractivity contribution is 5.30. The molecule has 0 saturated heterocycles. The van der Waals surface area contributed by atoms with Crippen molar-refractivity contribution in [2.24, 2.45) is 0 Å². The van der Waals surface area contributed by atoms with Gasteiger partial charge in [0.25, 0.3) is 0 Å². The molecule has 1 aliphatic carbocycles. The van der Waals surface area contributed by atoms with Crippen LogP contribution in [0.1, 0.15) is 30.9 Å². The van der Waals surface area contributed by atoms with Crippen molar-refractivity contribution in [2.45, 2.75) is 31.5 Å². The average molecular weight is 222 g/mol. The number of hydrogen-bond donors (Lipinski definition) is 1. The molecule has 0 bridgehead atoms. The molecule has 1 aromatic rings. The molecule has 1 N–H and O–H groups in total. The molecular formula is C13H18O3. The van der Waals surface area contributed by atoms with E-state index in [9.17, 15) is 5.11 Å². The maximum Gasteiger partial charge on any atom is 0.120 e. The zero-order chi connectivity index (χ0) is 11.4. The van der Waals surface area contributed by atoms with E-state index >= 15 is 0 Å². The van der Waals surface area contributed by atoms with E-state index in [2.05, 4.69) is 0 Å². The van der Waals surface area contributed by atoms with Crippen LogP contribution in [0.15, 0.2) is 24.3 Å². The van der Waals surface area contributed by atoms with Crippen molar-refractivity contribution in [3.05, 3.63) is 29.8 Å². The third-order valence-electron chi connectivity index (χ3n) is 2.67. The van der Waals surface area contributed by atoms with E-state index in [0.717, 1.165) is 24.2 Å². The van der Waals surface area contributed by atoms with Crippen LogP contribution >= 0.6 is 0 Å². The van der Waals surface area contributed by atoms with Gasteiger partial charge in [-0.15, -0.1) is 0 Å². The van der Waals surface area contributed by atoms with Crippen molar-refractivity contribution in [1.29, 1.82) is 0 Å². The van der Waals surface area contributed by atoms with Gasteiger partial charge in [-0.05, 0) is 30.5 Å². The van der Waals surface area contributed by atoms with E-state index in [-0.39, 0.29) is 0 Å². The lowest BCUT2D eigenvalue weighted by Crippen LogP contribution is -2.03. The number of ether oxygens (including phenoxy) is 2. The van der Waals surface area contributed by atoms with Crippen LogP contribution in [-0.2, 0) is 4.74 Å². The lowest BCUT2D eigenvalue weighted by atomic mass is 10.1. The predicted octanol–water partition coefficient (Wildman–Crippen LogP) is 2.30. The highest BCUT2D eigenvalue weighted by Crippen LogP contribution is 2.28. The second-order valence-corrected chi connectivity index (χ2v) is 4.19. The van der Waals surface area contributed by atoms with Crippen molar-refractivity contribution in [1.82, 2.24) is 0 Å². The molecule has 0 aliphatic heterocycles. The molecule has 16 heavy (non-hydrogen) atoms. The van der Waals surface area contributed by atoms with E-state index in [1.807, 2.05) is 24.3 Å². The van der Waals surface area contributed by atoms with Crippen molar-refractivity contribution in [3.8, 4) is 5.75 Å². The minimum Gasteiger partial charge on any atom is -0.490 e. The summed E-state index contributed by atoms with van der Waals surface area (Å²) in [5.41, 5.74) is 0.898. The lowest BCUT2D eigenvalue weighted by Gasteiger charge is -2.12. The van der Waals surface area contributed by atoms with Crippen LogP contribution in [0.25, 0.3) is 0 Å². The first-order valence-electron chi connectivity index (χ1n) is 5.73. The molecule has 0 radical (unpaired) electrons. The van der Waals surface area contributed by atoms with Crippen LogP contribution in [0, 0.1) is 0 Å². The summed E-state index contributed by atoms with van der Waals surface area (Å²) in [7, 11) is 1.64. The second-order valence-electron chi connectivity index (χ2n) is 4.19. The van der Waals surface area contributed by atoms with Crippen molar-refractivity contribution in [2.75, 3.05) is 13.7 Å². The Morgan fingerprint density at radius 2 is 2.25 bits per heavy atom. The summed E-state index contributed by atoms with van der Waals surface area (Å²) in [6.07, 6.45) is 2.84. The molecule has 0 aromatic heterocycles. The SMILES string of the molecule is COCCC(O)c1cccc(OC2CC2)c1. The van der Waals surface area contributed by atoms with Crippen LogP contribution in [0.5, 0.6) is 5.75 Å². The molecule has 0 amide bonds. The first-order valence-corrected chi connectivity index (χ1v) is 5.73. The Labute approximate surface area is 96.0 Å². The molecule has 1 unspecified atom stereocenters. The molecule has 1 aliphatic rings. The number of aliphatic hydroxyl groups is 1. The van der Waals surface area contributed by atoms with E-state index in [1.165, 1.54) is 0 Å². The number of benzene rings is 1. The molecule has 88 valence electrons. The van der Waals surface area contributed by atoms with Gasteiger partial charge in [0.2, 0.25) is 0 Å². The smallest absolute Gasteiger partial charge is 0.120 e. The zero-order valence-electron chi connectivity index (χ0n) is 9.56. The topological polar surface area (TPSA) is 38.7 Å². The number of rotatable bonds is 6. The van der Waals surface area contributed by atoms with Crippen molar-refractivity contribution >= 4 is 0 Å².